The third kappa shape index (κ3) is 4.37. The van der Waals surface area contributed by atoms with E-state index in [9.17, 15) is 14.4 Å². The van der Waals surface area contributed by atoms with Gasteiger partial charge in [-0.05, 0) is 31.4 Å². The molecule has 0 aliphatic carbocycles. The topological polar surface area (TPSA) is 121 Å². The third-order valence-electron chi connectivity index (χ3n) is 7.06. The smallest absolute Gasteiger partial charge is 0.229 e. The Morgan fingerprint density at radius 1 is 1.15 bits per heavy atom. The van der Waals surface area contributed by atoms with Crippen molar-refractivity contribution in [2.75, 3.05) is 25.1 Å². The minimum atomic E-state index is -0.784. The lowest BCUT2D eigenvalue weighted by atomic mass is 9.81. The van der Waals surface area contributed by atoms with E-state index >= 15 is 0 Å². The number of benzene rings is 1. The lowest BCUT2D eigenvalue weighted by Gasteiger charge is -2.49. The van der Waals surface area contributed by atoms with Crippen LogP contribution in [-0.4, -0.2) is 60.9 Å². The number of nitrogens with one attached hydrogen (secondary N) is 4. The molecule has 0 spiro atoms. The molecule has 10 nitrogen and oxygen atoms in total. The first-order chi connectivity index (χ1) is 16.0. The van der Waals surface area contributed by atoms with Crippen LogP contribution in [0.3, 0.4) is 0 Å². The molecular weight excluding hydrogens is 426 g/mol. The number of ether oxygens (including phenoxy) is 2. The van der Waals surface area contributed by atoms with Gasteiger partial charge in [0.2, 0.25) is 17.7 Å². The maximum absolute atomic E-state index is 13.2. The molecule has 0 bridgehead atoms. The van der Waals surface area contributed by atoms with Gasteiger partial charge in [0, 0.05) is 30.8 Å². The van der Waals surface area contributed by atoms with E-state index in [2.05, 4.69) is 33.1 Å². The zero-order valence-corrected chi connectivity index (χ0v) is 18.8. The summed E-state index contributed by atoms with van der Waals surface area (Å²) in [7, 11) is 0. The Kier molecular flexibility index (Phi) is 6.11. The van der Waals surface area contributed by atoms with Crippen molar-refractivity contribution in [3.63, 3.8) is 0 Å². The SMILES string of the molecule is CCC1CCCCN1C1NC(=O)C2C(NC(=O)CC2C(=O)Nc2ccc3c(c2)OCCO3)N1. The highest BCUT2D eigenvalue weighted by atomic mass is 16.6. The molecule has 1 aromatic rings. The van der Waals surface area contributed by atoms with E-state index in [0.717, 1.165) is 25.8 Å². The fraction of sp³-hybridized carbons (Fsp3) is 0.609. The molecule has 4 N–H and O–H groups in total. The summed E-state index contributed by atoms with van der Waals surface area (Å²) in [6.07, 6.45) is 3.34. The van der Waals surface area contributed by atoms with Crippen molar-refractivity contribution in [2.45, 2.75) is 57.5 Å². The number of likely N-dealkylation sites (tertiary alicyclic amines) is 1. The summed E-state index contributed by atoms with van der Waals surface area (Å²) in [5, 5.41) is 12.2. The Balaban J connectivity index is 1.31. The molecule has 4 aliphatic rings. The van der Waals surface area contributed by atoms with E-state index in [4.69, 9.17) is 9.47 Å². The number of hydrogen-bond acceptors (Lipinski definition) is 7. The number of carbonyl (C=O) groups is 3. The van der Waals surface area contributed by atoms with Crippen molar-refractivity contribution in [3.05, 3.63) is 18.2 Å². The number of carbonyl (C=O) groups excluding carboxylic acids is 3. The van der Waals surface area contributed by atoms with Gasteiger partial charge in [-0.25, -0.2) is 0 Å². The summed E-state index contributed by atoms with van der Waals surface area (Å²) < 4.78 is 11.1. The van der Waals surface area contributed by atoms with Gasteiger partial charge in [-0.3, -0.25) is 24.6 Å². The van der Waals surface area contributed by atoms with Crippen LogP contribution in [0.5, 0.6) is 11.5 Å². The van der Waals surface area contributed by atoms with Gasteiger partial charge in [0.15, 0.2) is 11.5 Å². The molecule has 5 unspecified atom stereocenters. The molecule has 0 saturated carbocycles. The van der Waals surface area contributed by atoms with Crippen LogP contribution >= 0.6 is 0 Å². The van der Waals surface area contributed by atoms with E-state index < -0.39 is 18.0 Å². The predicted octanol–water partition coefficient (Wildman–Crippen LogP) is 0.742. The minimum absolute atomic E-state index is 0.0430. The lowest BCUT2D eigenvalue weighted by Crippen LogP contribution is -2.75. The van der Waals surface area contributed by atoms with Crippen LogP contribution < -0.4 is 30.7 Å². The van der Waals surface area contributed by atoms with Crippen LogP contribution in [0, 0.1) is 11.8 Å². The van der Waals surface area contributed by atoms with Crippen LogP contribution in [0.1, 0.15) is 39.0 Å². The largest absolute Gasteiger partial charge is 0.486 e. The number of amides is 3. The standard InChI is InChI=1S/C23H31N5O5/c1-2-14-5-3-4-8-28(14)23-26-20-19(22(31)27-23)15(12-18(29)25-20)21(30)24-13-6-7-16-17(11-13)33-10-9-32-16/h6-7,11,14-15,19-20,23,26H,2-5,8-10,12H2,1H3,(H,24,30)(H,25,29)(H,27,31). The second-order valence-corrected chi connectivity index (χ2v) is 9.10. The molecule has 178 valence electrons. The first-order valence-corrected chi connectivity index (χ1v) is 11.9. The Morgan fingerprint density at radius 2 is 1.97 bits per heavy atom. The molecule has 5 rings (SSSR count). The van der Waals surface area contributed by atoms with Crippen molar-refractivity contribution < 1.29 is 23.9 Å². The van der Waals surface area contributed by atoms with Crippen molar-refractivity contribution in [1.29, 1.82) is 0 Å². The summed E-state index contributed by atoms with van der Waals surface area (Å²) >= 11 is 0. The average molecular weight is 458 g/mol. The fourth-order valence-electron chi connectivity index (χ4n) is 5.40. The molecule has 5 atom stereocenters. The van der Waals surface area contributed by atoms with Gasteiger partial charge in [0.25, 0.3) is 0 Å². The number of anilines is 1. The molecule has 4 aliphatic heterocycles. The Hall–Kier alpha value is -2.85. The highest BCUT2D eigenvalue weighted by molar-refractivity contribution is 6.00. The number of rotatable bonds is 4. The van der Waals surface area contributed by atoms with Gasteiger partial charge in [-0.1, -0.05) is 13.3 Å². The molecular formula is C23H31N5O5. The quantitative estimate of drug-likeness (QED) is 0.526. The van der Waals surface area contributed by atoms with Gasteiger partial charge in [0.1, 0.15) is 19.5 Å². The summed E-state index contributed by atoms with van der Waals surface area (Å²) in [6, 6.07) is 5.54. The Labute approximate surface area is 192 Å². The van der Waals surface area contributed by atoms with Gasteiger partial charge in [-0.15, -0.1) is 0 Å². The van der Waals surface area contributed by atoms with Gasteiger partial charge in [0.05, 0.1) is 18.0 Å². The normalized spacial score (nSPS) is 31.7. The third-order valence-corrected chi connectivity index (χ3v) is 7.06. The molecule has 10 heteroatoms. The zero-order valence-electron chi connectivity index (χ0n) is 18.8. The van der Waals surface area contributed by atoms with Crippen molar-refractivity contribution in [2.24, 2.45) is 11.8 Å². The molecule has 4 heterocycles. The maximum atomic E-state index is 13.2. The fourth-order valence-corrected chi connectivity index (χ4v) is 5.40. The van der Waals surface area contributed by atoms with Crippen molar-refractivity contribution in [3.8, 4) is 11.5 Å². The van der Waals surface area contributed by atoms with Crippen LogP contribution in [0.4, 0.5) is 5.69 Å². The number of fused-ring (bicyclic) bond motifs is 2. The van der Waals surface area contributed by atoms with E-state index in [1.165, 1.54) is 6.42 Å². The summed E-state index contributed by atoms with van der Waals surface area (Å²) in [5.74, 6) is -1.12. The number of nitrogens with zero attached hydrogens (tertiary/aromatic N) is 1. The molecule has 3 fully saturated rings. The van der Waals surface area contributed by atoms with Crippen LogP contribution in [-0.2, 0) is 14.4 Å². The van der Waals surface area contributed by atoms with Crippen molar-refractivity contribution in [1.82, 2.24) is 20.9 Å². The molecule has 33 heavy (non-hydrogen) atoms. The number of piperidine rings is 2. The maximum Gasteiger partial charge on any atom is 0.229 e. The molecule has 3 amide bonds. The molecule has 0 aromatic heterocycles. The van der Waals surface area contributed by atoms with Gasteiger partial charge < -0.3 is 25.4 Å². The Morgan fingerprint density at radius 3 is 2.79 bits per heavy atom. The van der Waals surface area contributed by atoms with E-state index in [1.54, 1.807) is 18.2 Å². The highest BCUT2D eigenvalue weighted by Gasteiger charge is 2.49. The Bertz CT molecular complexity index is 940. The first kappa shape index (κ1) is 22.0. The summed E-state index contributed by atoms with van der Waals surface area (Å²) in [6.45, 7) is 3.96. The van der Waals surface area contributed by atoms with Crippen LogP contribution in [0.15, 0.2) is 18.2 Å². The van der Waals surface area contributed by atoms with Crippen molar-refractivity contribution >= 4 is 23.4 Å². The monoisotopic (exact) mass is 457 g/mol. The van der Waals surface area contributed by atoms with E-state index in [1.807, 2.05) is 0 Å². The van der Waals surface area contributed by atoms with E-state index in [-0.39, 0.29) is 30.4 Å². The summed E-state index contributed by atoms with van der Waals surface area (Å²) in [4.78, 5) is 41.1. The molecule has 1 aromatic carbocycles. The minimum Gasteiger partial charge on any atom is -0.486 e. The second-order valence-electron chi connectivity index (χ2n) is 9.10. The first-order valence-electron chi connectivity index (χ1n) is 11.9. The second kappa shape index (κ2) is 9.18. The van der Waals surface area contributed by atoms with Gasteiger partial charge >= 0.3 is 0 Å². The lowest BCUT2D eigenvalue weighted by molar-refractivity contribution is -0.148. The zero-order chi connectivity index (χ0) is 22.9. The number of hydrogen-bond donors (Lipinski definition) is 4. The highest BCUT2D eigenvalue weighted by Crippen LogP contribution is 2.34. The van der Waals surface area contributed by atoms with Gasteiger partial charge in [-0.2, -0.15) is 0 Å². The van der Waals surface area contributed by atoms with E-state index in [0.29, 0.717) is 36.4 Å². The molecule has 0 radical (unpaired) electrons. The molecule has 3 saturated heterocycles. The predicted molar refractivity (Wildman–Crippen MR) is 119 cm³/mol. The average Bonchev–Trinajstić information content (AvgIpc) is 2.83. The van der Waals surface area contributed by atoms with Crippen LogP contribution in [0.25, 0.3) is 0 Å². The summed E-state index contributed by atoms with van der Waals surface area (Å²) in [5.41, 5.74) is 0.535. The van der Waals surface area contributed by atoms with Crippen LogP contribution in [0.2, 0.25) is 0 Å².